The van der Waals surface area contributed by atoms with Gasteiger partial charge in [-0.25, -0.2) is 0 Å². The number of benzene rings is 1. The lowest BCUT2D eigenvalue weighted by molar-refractivity contribution is -0.138. The molecular formula is C17H25NO3. The highest BCUT2D eigenvalue weighted by molar-refractivity contribution is 5.66. The number of aliphatic carboxylic acids is 1. The van der Waals surface area contributed by atoms with Crippen molar-refractivity contribution in [1.29, 1.82) is 0 Å². The molecule has 116 valence electrons. The number of piperidine rings is 1. The SMILES string of the molecule is CCc1ccc(CN2CCC(OCCC(=O)O)CC2)cc1. The van der Waals surface area contributed by atoms with Crippen molar-refractivity contribution in [1.82, 2.24) is 4.90 Å². The first kappa shape index (κ1) is 16.0. The molecule has 0 aromatic heterocycles. The zero-order valence-electron chi connectivity index (χ0n) is 12.8. The van der Waals surface area contributed by atoms with Crippen molar-refractivity contribution >= 4 is 5.97 Å². The minimum Gasteiger partial charge on any atom is -0.481 e. The van der Waals surface area contributed by atoms with Crippen LogP contribution in [0.3, 0.4) is 0 Å². The van der Waals surface area contributed by atoms with Gasteiger partial charge < -0.3 is 9.84 Å². The van der Waals surface area contributed by atoms with Gasteiger partial charge in [-0.3, -0.25) is 9.69 Å². The predicted molar refractivity (Wildman–Crippen MR) is 82.3 cm³/mol. The second kappa shape index (κ2) is 8.15. The fraction of sp³-hybridized carbons (Fsp3) is 0.588. The lowest BCUT2D eigenvalue weighted by Crippen LogP contribution is -2.36. The molecule has 0 saturated carbocycles. The average molecular weight is 291 g/mol. The maximum absolute atomic E-state index is 10.5. The van der Waals surface area contributed by atoms with Crippen molar-refractivity contribution < 1.29 is 14.6 Å². The number of carbonyl (C=O) groups is 1. The number of rotatable bonds is 7. The molecule has 4 heteroatoms. The third-order valence-electron chi connectivity index (χ3n) is 4.04. The molecule has 1 aliphatic rings. The molecule has 1 saturated heterocycles. The van der Waals surface area contributed by atoms with Gasteiger partial charge in [-0.15, -0.1) is 0 Å². The van der Waals surface area contributed by atoms with Gasteiger partial charge in [0.2, 0.25) is 0 Å². The van der Waals surface area contributed by atoms with E-state index in [9.17, 15) is 4.79 Å². The number of aryl methyl sites for hydroxylation is 1. The molecule has 2 rings (SSSR count). The van der Waals surface area contributed by atoms with E-state index in [0.717, 1.165) is 38.9 Å². The van der Waals surface area contributed by atoms with E-state index < -0.39 is 5.97 Å². The van der Waals surface area contributed by atoms with Crippen LogP contribution in [0.15, 0.2) is 24.3 Å². The van der Waals surface area contributed by atoms with Crippen LogP contribution in [0.1, 0.15) is 37.3 Å². The molecule has 0 radical (unpaired) electrons. The second-order valence-electron chi connectivity index (χ2n) is 5.66. The molecule has 0 bridgehead atoms. The first-order valence-corrected chi connectivity index (χ1v) is 7.81. The van der Waals surface area contributed by atoms with Crippen LogP contribution in [-0.2, 0) is 22.5 Å². The quantitative estimate of drug-likeness (QED) is 0.839. The normalized spacial score (nSPS) is 17.0. The maximum Gasteiger partial charge on any atom is 0.305 e. The Balaban J connectivity index is 1.69. The Hall–Kier alpha value is -1.39. The first-order valence-electron chi connectivity index (χ1n) is 7.81. The van der Waals surface area contributed by atoms with E-state index in [1.165, 1.54) is 11.1 Å². The van der Waals surface area contributed by atoms with E-state index >= 15 is 0 Å². The van der Waals surface area contributed by atoms with Crippen molar-refractivity contribution in [3.05, 3.63) is 35.4 Å². The largest absolute Gasteiger partial charge is 0.481 e. The third kappa shape index (κ3) is 5.48. The van der Waals surface area contributed by atoms with Crippen molar-refractivity contribution in [3.8, 4) is 0 Å². The number of hydrogen-bond acceptors (Lipinski definition) is 3. The molecule has 0 amide bonds. The molecule has 1 aromatic rings. The summed E-state index contributed by atoms with van der Waals surface area (Å²) < 4.78 is 5.62. The summed E-state index contributed by atoms with van der Waals surface area (Å²) in [4.78, 5) is 12.9. The Morgan fingerprint density at radius 2 is 1.86 bits per heavy atom. The van der Waals surface area contributed by atoms with Crippen molar-refractivity contribution in [2.24, 2.45) is 0 Å². The van der Waals surface area contributed by atoms with Gasteiger partial charge in [0.1, 0.15) is 0 Å². The summed E-state index contributed by atoms with van der Waals surface area (Å²) in [5, 5.41) is 8.60. The Kier molecular flexibility index (Phi) is 6.21. The Labute approximate surface area is 126 Å². The monoisotopic (exact) mass is 291 g/mol. The Morgan fingerprint density at radius 1 is 1.24 bits per heavy atom. The van der Waals surface area contributed by atoms with Gasteiger partial charge in [-0.05, 0) is 30.4 Å². The molecule has 1 aromatic carbocycles. The van der Waals surface area contributed by atoms with Gasteiger partial charge >= 0.3 is 5.97 Å². The molecule has 0 unspecified atom stereocenters. The van der Waals surface area contributed by atoms with Crippen LogP contribution in [0.4, 0.5) is 0 Å². The average Bonchev–Trinajstić information content (AvgIpc) is 2.49. The number of carboxylic acids is 1. The summed E-state index contributed by atoms with van der Waals surface area (Å²) in [5.41, 5.74) is 2.74. The zero-order chi connectivity index (χ0) is 15.1. The Bertz CT molecular complexity index is 436. The minimum atomic E-state index is -0.789. The number of carboxylic acid groups (broad SMARTS) is 1. The molecular weight excluding hydrogens is 266 g/mol. The van der Waals surface area contributed by atoms with Crippen molar-refractivity contribution in [3.63, 3.8) is 0 Å². The molecule has 0 spiro atoms. The lowest BCUT2D eigenvalue weighted by Gasteiger charge is -2.31. The van der Waals surface area contributed by atoms with Crippen LogP contribution in [0, 0.1) is 0 Å². The van der Waals surface area contributed by atoms with E-state index in [1.807, 2.05) is 0 Å². The van der Waals surface area contributed by atoms with Crippen LogP contribution >= 0.6 is 0 Å². The van der Waals surface area contributed by atoms with E-state index in [4.69, 9.17) is 9.84 Å². The van der Waals surface area contributed by atoms with Gasteiger partial charge in [0.15, 0.2) is 0 Å². The van der Waals surface area contributed by atoms with Crippen LogP contribution < -0.4 is 0 Å². The van der Waals surface area contributed by atoms with E-state index in [-0.39, 0.29) is 12.5 Å². The smallest absolute Gasteiger partial charge is 0.305 e. The fourth-order valence-electron chi connectivity index (χ4n) is 2.69. The highest BCUT2D eigenvalue weighted by Crippen LogP contribution is 2.17. The van der Waals surface area contributed by atoms with Gasteiger partial charge in [0, 0.05) is 19.6 Å². The highest BCUT2D eigenvalue weighted by Gasteiger charge is 2.19. The molecule has 21 heavy (non-hydrogen) atoms. The maximum atomic E-state index is 10.5. The molecule has 0 atom stereocenters. The number of hydrogen-bond donors (Lipinski definition) is 1. The van der Waals surface area contributed by atoms with E-state index in [2.05, 4.69) is 36.1 Å². The molecule has 1 aliphatic heterocycles. The number of likely N-dealkylation sites (tertiary alicyclic amines) is 1. The third-order valence-corrected chi connectivity index (χ3v) is 4.04. The molecule has 1 fully saturated rings. The van der Waals surface area contributed by atoms with E-state index in [1.54, 1.807) is 0 Å². The van der Waals surface area contributed by atoms with Crippen LogP contribution in [0.25, 0.3) is 0 Å². The second-order valence-corrected chi connectivity index (χ2v) is 5.66. The summed E-state index contributed by atoms with van der Waals surface area (Å²) in [6.07, 6.45) is 3.39. The molecule has 1 N–H and O–H groups in total. The summed E-state index contributed by atoms with van der Waals surface area (Å²) in [5.74, 6) is -0.789. The standard InChI is InChI=1S/C17H25NO3/c1-2-14-3-5-15(6-4-14)13-18-10-7-16(8-11-18)21-12-9-17(19)20/h3-6,16H,2,7-13H2,1H3,(H,19,20). The zero-order valence-corrected chi connectivity index (χ0v) is 12.8. The predicted octanol–water partition coefficient (Wildman–Crippen LogP) is 2.70. The van der Waals surface area contributed by atoms with E-state index in [0.29, 0.717) is 6.61 Å². The lowest BCUT2D eigenvalue weighted by atomic mass is 10.1. The molecule has 4 nitrogen and oxygen atoms in total. The van der Waals surface area contributed by atoms with Crippen LogP contribution in [-0.4, -0.2) is 41.8 Å². The van der Waals surface area contributed by atoms with Crippen LogP contribution in [0.5, 0.6) is 0 Å². The summed E-state index contributed by atoms with van der Waals surface area (Å²) in [7, 11) is 0. The molecule has 1 heterocycles. The van der Waals surface area contributed by atoms with Crippen molar-refractivity contribution in [2.45, 2.75) is 45.3 Å². The Morgan fingerprint density at radius 3 is 2.43 bits per heavy atom. The minimum absolute atomic E-state index is 0.101. The summed E-state index contributed by atoms with van der Waals surface area (Å²) in [6, 6.07) is 8.84. The van der Waals surface area contributed by atoms with Gasteiger partial charge in [0.05, 0.1) is 19.1 Å². The number of ether oxygens (including phenoxy) is 1. The van der Waals surface area contributed by atoms with Crippen LogP contribution in [0.2, 0.25) is 0 Å². The topological polar surface area (TPSA) is 49.8 Å². The van der Waals surface area contributed by atoms with Gasteiger partial charge in [-0.2, -0.15) is 0 Å². The number of nitrogens with zero attached hydrogens (tertiary/aromatic N) is 1. The molecule has 0 aliphatic carbocycles. The first-order chi connectivity index (χ1) is 10.2. The summed E-state index contributed by atoms with van der Waals surface area (Å²) in [6.45, 7) is 5.54. The van der Waals surface area contributed by atoms with Gasteiger partial charge in [0.25, 0.3) is 0 Å². The van der Waals surface area contributed by atoms with Crippen molar-refractivity contribution in [2.75, 3.05) is 19.7 Å². The highest BCUT2D eigenvalue weighted by atomic mass is 16.5. The van der Waals surface area contributed by atoms with Gasteiger partial charge in [-0.1, -0.05) is 31.2 Å². The fourth-order valence-corrected chi connectivity index (χ4v) is 2.69. The summed E-state index contributed by atoms with van der Waals surface area (Å²) >= 11 is 0.